The summed E-state index contributed by atoms with van der Waals surface area (Å²) in [7, 11) is -0.177. The van der Waals surface area contributed by atoms with E-state index in [1.807, 2.05) is 44.2 Å². The molecule has 0 atom stereocenters. The first-order valence-corrected chi connectivity index (χ1v) is 5.96. The first-order chi connectivity index (χ1) is 7.67. The van der Waals surface area contributed by atoms with E-state index in [1.165, 1.54) is 0 Å². The van der Waals surface area contributed by atoms with Gasteiger partial charge in [0.15, 0.2) is 0 Å². The zero-order chi connectivity index (χ0) is 12.0. The Labute approximate surface area is 99.1 Å². The third-order valence-corrected chi connectivity index (χ3v) is 2.32. The van der Waals surface area contributed by atoms with Crippen molar-refractivity contribution >= 4 is 12.6 Å². The summed E-state index contributed by atoms with van der Waals surface area (Å²) < 4.78 is 11.3. The molecule has 0 saturated carbocycles. The van der Waals surface area contributed by atoms with Gasteiger partial charge >= 0.3 is 7.12 Å². The summed E-state index contributed by atoms with van der Waals surface area (Å²) in [4.78, 5) is 0. The van der Waals surface area contributed by atoms with Crippen LogP contribution in [0, 0.1) is 5.41 Å². The largest absolute Gasteiger partial charge is 0.493 e. The molecule has 1 heterocycles. The second-order valence-corrected chi connectivity index (χ2v) is 4.53. The zero-order valence-corrected chi connectivity index (χ0v) is 10.7. The van der Waals surface area contributed by atoms with Gasteiger partial charge in [-0.3, -0.25) is 0 Å². The maximum atomic E-state index is 5.66. The van der Waals surface area contributed by atoms with Gasteiger partial charge in [-0.05, 0) is 5.46 Å². The lowest BCUT2D eigenvalue weighted by Crippen LogP contribution is -2.47. The zero-order valence-electron chi connectivity index (χ0n) is 10.7. The first-order valence-electron chi connectivity index (χ1n) is 5.96. The van der Waals surface area contributed by atoms with Gasteiger partial charge in [-0.1, -0.05) is 58.0 Å². The van der Waals surface area contributed by atoms with Crippen LogP contribution in [0.15, 0.2) is 30.3 Å². The third-order valence-electron chi connectivity index (χ3n) is 2.32. The summed E-state index contributed by atoms with van der Waals surface area (Å²) in [5.41, 5.74) is 1.24. The summed E-state index contributed by atoms with van der Waals surface area (Å²) in [5, 5.41) is 0. The predicted molar refractivity (Wildman–Crippen MR) is 68.9 cm³/mol. The smallest absolute Gasteiger partial charge is 0.407 e. The molecule has 0 aromatic heterocycles. The average molecular weight is 220 g/mol. The third kappa shape index (κ3) is 3.65. The van der Waals surface area contributed by atoms with E-state index in [2.05, 4.69) is 13.8 Å². The molecule has 1 aromatic rings. The van der Waals surface area contributed by atoms with Crippen molar-refractivity contribution in [3.63, 3.8) is 0 Å². The van der Waals surface area contributed by atoms with Crippen LogP contribution in [0.1, 0.15) is 27.7 Å². The number of hydrogen-bond acceptors (Lipinski definition) is 2. The Balaban J connectivity index is 0.000000606. The number of benzene rings is 1. The van der Waals surface area contributed by atoms with E-state index in [0.717, 1.165) is 18.7 Å². The summed E-state index contributed by atoms with van der Waals surface area (Å²) in [6.07, 6.45) is 0. The summed E-state index contributed by atoms with van der Waals surface area (Å²) >= 11 is 0. The van der Waals surface area contributed by atoms with E-state index in [0.29, 0.717) is 0 Å². The molecule has 2 rings (SSSR count). The molecule has 1 aliphatic rings. The van der Waals surface area contributed by atoms with Gasteiger partial charge < -0.3 is 9.31 Å². The van der Waals surface area contributed by atoms with Crippen LogP contribution < -0.4 is 5.46 Å². The molecule has 0 N–H and O–H groups in total. The van der Waals surface area contributed by atoms with Crippen molar-refractivity contribution in [2.24, 2.45) is 5.41 Å². The molecule has 1 aromatic carbocycles. The fraction of sp³-hybridized carbons (Fsp3) is 0.538. The van der Waals surface area contributed by atoms with Crippen molar-refractivity contribution in [1.29, 1.82) is 0 Å². The highest BCUT2D eigenvalue weighted by molar-refractivity contribution is 6.61. The van der Waals surface area contributed by atoms with Crippen LogP contribution in [0.5, 0.6) is 0 Å². The molecule has 1 fully saturated rings. The molecule has 0 aliphatic carbocycles. The lowest BCUT2D eigenvalue weighted by Gasteiger charge is -2.33. The van der Waals surface area contributed by atoms with Crippen LogP contribution >= 0.6 is 0 Å². The Morgan fingerprint density at radius 1 is 1.00 bits per heavy atom. The van der Waals surface area contributed by atoms with Gasteiger partial charge in [-0.2, -0.15) is 0 Å². The first kappa shape index (κ1) is 13.3. The van der Waals surface area contributed by atoms with Crippen molar-refractivity contribution in [3.05, 3.63) is 30.3 Å². The molecule has 0 unspecified atom stereocenters. The van der Waals surface area contributed by atoms with Crippen molar-refractivity contribution in [2.75, 3.05) is 13.2 Å². The van der Waals surface area contributed by atoms with Gasteiger partial charge in [-0.25, -0.2) is 0 Å². The Hall–Kier alpha value is -0.795. The topological polar surface area (TPSA) is 18.5 Å². The Bertz CT molecular complexity index is 288. The van der Waals surface area contributed by atoms with E-state index in [9.17, 15) is 0 Å². The summed E-state index contributed by atoms with van der Waals surface area (Å²) in [6.45, 7) is 9.81. The molecular formula is C13H21BO2. The fourth-order valence-electron chi connectivity index (χ4n) is 1.49. The highest BCUT2D eigenvalue weighted by Crippen LogP contribution is 2.21. The molecule has 0 spiro atoms. The minimum atomic E-state index is -0.177. The van der Waals surface area contributed by atoms with Gasteiger partial charge in [0.1, 0.15) is 0 Å². The van der Waals surface area contributed by atoms with E-state index < -0.39 is 0 Å². The molecule has 1 saturated heterocycles. The molecule has 1 aliphatic heterocycles. The van der Waals surface area contributed by atoms with Gasteiger partial charge in [0.25, 0.3) is 0 Å². The van der Waals surface area contributed by atoms with Crippen molar-refractivity contribution in [2.45, 2.75) is 27.7 Å². The molecule has 2 nitrogen and oxygen atoms in total. The minimum Gasteiger partial charge on any atom is -0.407 e. The molecule has 3 heteroatoms. The molecule has 0 radical (unpaired) electrons. The lowest BCUT2D eigenvalue weighted by atomic mass is 9.76. The second kappa shape index (κ2) is 6.07. The average Bonchev–Trinajstić information content (AvgIpc) is 2.33. The molecule has 0 bridgehead atoms. The second-order valence-electron chi connectivity index (χ2n) is 4.53. The van der Waals surface area contributed by atoms with Crippen molar-refractivity contribution in [1.82, 2.24) is 0 Å². The van der Waals surface area contributed by atoms with Crippen LogP contribution in [-0.4, -0.2) is 20.3 Å². The van der Waals surface area contributed by atoms with Crippen LogP contribution in [-0.2, 0) is 9.31 Å². The summed E-state index contributed by atoms with van der Waals surface area (Å²) in [6, 6.07) is 10.1. The molecule has 16 heavy (non-hydrogen) atoms. The maximum absolute atomic E-state index is 5.66. The Morgan fingerprint density at radius 3 is 2.00 bits per heavy atom. The van der Waals surface area contributed by atoms with Gasteiger partial charge in [0, 0.05) is 18.6 Å². The van der Waals surface area contributed by atoms with E-state index in [-0.39, 0.29) is 12.5 Å². The summed E-state index contributed by atoms with van der Waals surface area (Å²) in [5.74, 6) is 0. The maximum Gasteiger partial charge on any atom is 0.493 e. The van der Waals surface area contributed by atoms with Crippen LogP contribution in [0.25, 0.3) is 0 Å². The van der Waals surface area contributed by atoms with Gasteiger partial charge in [0.2, 0.25) is 0 Å². The van der Waals surface area contributed by atoms with E-state index in [4.69, 9.17) is 9.31 Å². The van der Waals surface area contributed by atoms with Gasteiger partial charge in [0.05, 0.1) is 0 Å². The van der Waals surface area contributed by atoms with Crippen LogP contribution in [0.2, 0.25) is 0 Å². The van der Waals surface area contributed by atoms with Crippen molar-refractivity contribution in [3.8, 4) is 0 Å². The van der Waals surface area contributed by atoms with Crippen LogP contribution in [0.3, 0.4) is 0 Å². The Kier molecular flexibility index (Phi) is 5.03. The molecule has 88 valence electrons. The highest BCUT2D eigenvalue weighted by atomic mass is 16.6. The lowest BCUT2D eigenvalue weighted by molar-refractivity contribution is 0.0343. The number of hydrogen-bond donors (Lipinski definition) is 0. The SMILES string of the molecule is CC.CC1(C)COB(c2ccccc2)OC1. The monoisotopic (exact) mass is 220 g/mol. The normalized spacial score (nSPS) is 18.6. The van der Waals surface area contributed by atoms with Gasteiger partial charge in [-0.15, -0.1) is 0 Å². The quantitative estimate of drug-likeness (QED) is 0.677. The van der Waals surface area contributed by atoms with Crippen molar-refractivity contribution < 1.29 is 9.31 Å². The van der Waals surface area contributed by atoms with Crippen LogP contribution in [0.4, 0.5) is 0 Å². The highest BCUT2D eigenvalue weighted by Gasteiger charge is 2.32. The predicted octanol–water partition coefficient (Wildman–Crippen LogP) is 2.48. The standard InChI is InChI=1S/C11H15BO2.C2H6/c1-11(2)8-13-12(14-9-11)10-6-4-3-5-7-10;1-2/h3-7H,8-9H2,1-2H3;1-2H3. The number of rotatable bonds is 1. The molecule has 0 amide bonds. The Morgan fingerprint density at radius 2 is 1.50 bits per heavy atom. The fourth-order valence-corrected chi connectivity index (χ4v) is 1.49. The van der Waals surface area contributed by atoms with E-state index in [1.54, 1.807) is 0 Å². The molecular weight excluding hydrogens is 199 g/mol. The van der Waals surface area contributed by atoms with E-state index >= 15 is 0 Å². The minimum absolute atomic E-state index is 0.144.